The number of carbonyl (C=O) groups is 1. The third-order valence-corrected chi connectivity index (χ3v) is 3.16. The van der Waals surface area contributed by atoms with Crippen LogP contribution in [0.1, 0.15) is 6.42 Å². The summed E-state index contributed by atoms with van der Waals surface area (Å²) in [5.41, 5.74) is 0. The fraction of sp³-hybridized carbons (Fsp3) is 0.875. The molecule has 2 aliphatic heterocycles. The van der Waals surface area contributed by atoms with E-state index >= 15 is 0 Å². The Morgan fingerprint density at radius 2 is 2.31 bits per heavy atom. The molecule has 0 aromatic carbocycles. The third-order valence-electron chi connectivity index (χ3n) is 2.40. The van der Waals surface area contributed by atoms with Crippen molar-refractivity contribution in [1.82, 2.24) is 4.90 Å². The molecule has 0 N–H and O–H groups in total. The molecule has 0 bridgehead atoms. The molecular weight excluding hydrogens is 285 g/mol. The Morgan fingerprint density at radius 3 is 2.92 bits per heavy atom. The van der Waals surface area contributed by atoms with E-state index in [0.717, 1.165) is 26.1 Å². The van der Waals surface area contributed by atoms with Gasteiger partial charge in [0.2, 0.25) is 0 Å². The second kappa shape index (κ2) is 4.10. The second-order valence-corrected chi connectivity index (χ2v) is 4.64. The number of morpholine rings is 1. The zero-order valence-corrected chi connectivity index (χ0v) is 9.40. The van der Waals surface area contributed by atoms with E-state index in [0.29, 0.717) is 6.61 Å². The normalized spacial score (nSPS) is 36.2. The summed E-state index contributed by atoms with van der Waals surface area (Å²) in [5.74, 6) is -0.0644. The quantitative estimate of drug-likeness (QED) is 0.399. The lowest BCUT2D eigenvalue weighted by Gasteiger charge is -2.32. The highest BCUT2D eigenvalue weighted by Crippen LogP contribution is 2.19. The van der Waals surface area contributed by atoms with Gasteiger partial charge in [-0.3, -0.25) is 9.69 Å². The summed E-state index contributed by atoms with van der Waals surface area (Å²) in [5, 5.41) is 0. The largest absolute Gasteiger partial charge is 0.464 e. The standard InChI is InChI=1S/C8H12INO3/c9-7-5-10(2-4-12-7)6-1-3-13-8(6)11/h6-7H,1-5H2. The molecule has 5 heteroatoms. The van der Waals surface area contributed by atoms with Crippen molar-refractivity contribution in [2.45, 2.75) is 16.6 Å². The molecule has 2 saturated heterocycles. The fourth-order valence-corrected chi connectivity index (χ4v) is 2.49. The smallest absolute Gasteiger partial charge is 0.323 e. The molecule has 0 aromatic heterocycles. The van der Waals surface area contributed by atoms with E-state index in [1.165, 1.54) is 0 Å². The molecule has 13 heavy (non-hydrogen) atoms. The van der Waals surface area contributed by atoms with E-state index in [1.54, 1.807) is 0 Å². The minimum absolute atomic E-state index is 0.0128. The van der Waals surface area contributed by atoms with E-state index in [1.807, 2.05) is 0 Å². The Morgan fingerprint density at radius 1 is 1.46 bits per heavy atom. The minimum atomic E-state index is -0.0644. The van der Waals surface area contributed by atoms with Gasteiger partial charge >= 0.3 is 5.97 Å². The number of ether oxygens (including phenoxy) is 2. The molecule has 0 aromatic rings. The lowest BCUT2D eigenvalue weighted by Crippen LogP contribution is -2.47. The highest BCUT2D eigenvalue weighted by molar-refractivity contribution is 14.1. The van der Waals surface area contributed by atoms with Crippen molar-refractivity contribution in [3.05, 3.63) is 0 Å². The van der Waals surface area contributed by atoms with E-state index < -0.39 is 0 Å². The van der Waals surface area contributed by atoms with Crippen LogP contribution in [0.2, 0.25) is 0 Å². The Balaban J connectivity index is 1.95. The van der Waals surface area contributed by atoms with Gasteiger partial charge in [-0.1, -0.05) is 0 Å². The predicted molar refractivity (Wildman–Crippen MR) is 54.7 cm³/mol. The van der Waals surface area contributed by atoms with Crippen LogP contribution in [0.3, 0.4) is 0 Å². The molecule has 2 aliphatic rings. The van der Waals surface area contributed by atoms with Crippen molar-refractivity contribution >= 4 is 28.6 Å². The molecule has 2 fully saturated rings. The summed E-state index contributed by atoms with van der Waals surface area (Å²) in [7, 11) is 0. The van der Waals surface area contributed by atoms with Crippen LogP contribution in [0.25, 0.3) is 0 Å². The first-order chi connectivity index (χ1) is 6.27. The van der Waals surface area contributed by atoms with Crippen LogP contribution in [0.5, 0.6) is 0 Å². The molecule has 0 amide bonds. The number of esters is 1. The molecule has 0 spiro atoms. The van der Waals surface area contributed by atoms with Crippen LogP contribution >= 0.6 is 22.6 Å². The van der Waals surface area contributed by atoms with E-state index in [2.05, 4.69) is 27.5 Å². The van der Waals surface area contributed by atoms with Crippen molar-refractivity contribution < 1.29 is 14.3 Å². The first kappa shape index (κ1) is 9.67. The molecular formula is C8H12INO3. The van der Waals surface area contributed by atoms with Crippen molar-refractivity contribution in [1.29, 1.82) is 0 Å². The average Bonchev–Trinajstić information content (AvgIpc) is 2.51. The van der Waals surface area contributed by atoms with Gasteiger partial charge in [0.25, 0.3) is 0 Å². The predicted octanol–water partition coefficient (Wildman–Crippen LogP) is 0.395. The van der Waals surface area contributed by atoms with Crippen LogP contribution in [0.15, 0.2) is 0 Å². The lowest BCUT2D eigenvalue weighted by atomic mass is 10.2. The summed E-state index contributed by atoms with van der Waals surface area (Å²) in [6.45, 7) is 2.98. The first-order valence-corrected chi connectivity index (χ1v) is 5.68. The van der Waals surface area contributed by atoms with Crippen molar-refractivity contribution in [3.63, 3.8) is 0 Å². The van der Waals surface area contributed by atoms with Crippen LogP contribution in [0.4, 0.5) is 0 Å². The number of nitrogens with zero attached hydrogens (tertiary/aromatic N) is 1. The third kappa shape index (κ3) is 2.13. The topological polar surface area (TPSA) is 38.8 Å². The Labute approximate surface area is 90.7 Å². The van der Waals surface area contributed by atoms with Gasteiger partial charge in [0.1, 0.15) is 10.2 Å². The number of carbonyl (C=O) groups excluding carboxylic acids is 1. The monoisotopic (exact) mass is 297 g/mol. The first-order valence-electron chi connectivity index (χ1n) is 4.44. The number of hydrogen-bond acceptors (Lipinski definition) is 4. The number of rotatable bonds is 1. The molecule has 2 heterocycles. The Bertz CT molecular complexity index is 212. The van der Waals surface area contributed by atoms with Gasteiger partial charge in [-0.2, -0.15) is 0 Å². The number of cyclic esters (lactones) is 1. The van der Waals surface area contributed by atoms with Gasteiger partial charge in [0.05, 0.1) is 13.2 Å². The average molecular weight is 297 g/mol. The van der Waals surface area contributed by atoms with E-state index in [-0.39, 0.29) is 16.1 Å². The SMILES string of the molecule is O=C1OCCC1N1CCOC(I)C1. The highest BCUT2D eigenvalue weighted by atomic mass is 127. The molecule has 0 radical (unpaired) electrons. The summed E-state index contributed by atoms with van der Waals surface area (Å²) in [6.07, 6.45) is 0.836. The maximum absolute atomic E-state index is 11.3. The van der Waals surface area contributed by atoms with Gasteiger partial charge in [-0.15, -0.1) is 0 Å². The van der Waals surface area contributed by atoms with Gasteiger partial charge < -0.3 is 9.47 Å². The van der Waals surface area contributed by atoms with E-state index in [9.17, 15) is 4.79 Å². The summed E-state index contributed by atoms with van der Waals surface area (Å²) < 4.78 is 10.5. The van der Waals surface area contributed by atoms with Gasteiger partial charge in [0, 0.05) is 19.5 Å². The van der Waals surface area contributed by atoms with Crippen molar-refractivity contribution in [2.24, 2.45) is 0 Å². The molecule has 2 atom stereocenters. The fourth-order valence-electron chi connectivity index (χ4n) is 1.73. The number of alkyl halides is 1. The van der Waals surface area contributed by atoms with Crippen molar-refractivity contribution in [3.8, 4) is 0 Å². The number of hydrogen-bond donors (Lipinski definition) is 0. The maximum atomic E-state index is 11.3. The lowest BCUT2D eigenvalue weighted by molar-refractivity contribution is -0.143. The molecule has 2 unspecified atom stereocenters. The molecule has 0 aliphatic carbocycles. The molecule has 4 nitrogen and oxygen atoms in total. The van der Waals surface area contributed by atoms with Gasteiger partial charge in [-0.05, 0) is 22.6 Å². The minimum Gasteiger partial charge on any atom is -0.464 e. The zero-order chi connectivity index (χ0) is 9.26. The summed E-state index contributed by atoms with van der Waals surface area (Å²) in [4.78, 5) is 13.4. The molecule has 2 rings (SSSR count). The van der Waals surface area contributed by atoms with Gasteiger partial charge in [-0.25, -0.2) is 0 Å². The summed E-state index contributed by atoms with van der Waals surface area (Å²) >= 11 is 2.25. The Kier molecular flexibility index (Phi) is 3.05. The van der Waals surface area contributed by atoms with Crippen LogP contribution in [0, 0.1) is 0 Å². The van der Waals surface area contributed by atoms with Crippen molar-refractivity contribution in [2.75, 3.05) is 26.3 Å². The second-order valence-electron chi connectivity index (χ2n) is 3.25. The maximum Gasteiger partial charge on any atom is 0.323 e. The number of halogens is 1. The van der Waals surface area contributed by atoms with Gasteiger partial charge in [0.15, 0.2) is 0 Å². The summed E-state index contributed by atoms with van der Waals surface area (Å²) in [6, 6.07) is -0.0128. The molecule has 74 valence electrons. The van der Waals surface area contributed by atoms with Crippen LogP contribution in [-0.2, 0) is 14.3 Å². The highest BCUT2D eigenvalue weighted by Gasteiger charge is 2.34. The Hall–Kier alpha value is 0.120. The molecule has 0 saturated carbocycles. The zero-order valence-electron chi connectivity index (χ0n) is 7.24. The van der Waals surface area contributed by atoms with Crippen LogP contribution < -0.4 is 0 Å². The van der Waals surface area contributed by atoms with Crippen LogP contribution in [-0.4, -0.2) is 47.3 Å². The van der Waals surface area contributed by atoms with E-state index in [4.69, 9.17) is 9.47 Å².